The van der Waals surface area contributed by atoms with E-state index in [0.29, 0.717) is 5.02 Å². The van der Waals surface area contributed by atoms with Crippen LogP contribution in [0.4, 0.5) is 5.69 Å². The summed E-state index contributed by atoms with van der Waals surface area (Å²) < 4.78 is 26.8. The maximum atomic E-state index is 14.1. The maximum absolute atomic E-state index is 14.1. The van der Waals surface area contributed by atoms with Gasteiger partial charge in [0.1, 0.15) is 12.6 Å². The van der Waals surface area contributed by atoms with E-state index in [1.165, 1.54) is 11.0 Å². The monoisotopic (exact) mass is 583 g/mol. The molecule has 1 N–H and O–H groups in total. The molecule has 0 aliphatic carbocycles. The average Bonchev–Trinajstić information content (AvgIpc) is 2.85. The van der Waals surface area contributed by atoms with Crippen LogP contribution in [0.15, 0.2) is 72.8 Å². The molecule has 3 aromatic carbocycles. The van der Waals surface area contributed by atoms with Crippen LogP contribution in [0.5, 0.6) is 0 Å². The highest BCUT2D eigenvalue weighted by Crippen LogP contribution is 2.26. The van der Waals surface area contributed by atoms with Crippen molar-refractivity contribution in [3.05, 3.63) is 100 Å². The highest BCUT2D eigenvalue weighted by molar-refractivity contribution is 7.92. The average molecular weight is 584 g/mol. The Kier molecular flexibility index (Phi) is 10.0. The van der Waals surface area contributed by atoms with E-state index < -0.39 is 34.1 Å². The highest BCUT2D eigenvalue weighted by atomic mass is 35.5. The van der Waals surface area contributed by atoms with Crippen LogP contribution in [0.3, 0.4) is 0 Å². The lowest BCUT2D eigenvalue weighted by molar-refractivity contribution is -0.140. The SMILES string of the molecule is Cc1cccc(CN(C(=O)CN(c2ccc(C)c(Cl)c2)S(C)(=O)=O)C(Cc2ccccc2)C(=O)NC(C)(C)C)c1. The topological polar surface area (TPSA) is 86.8 Å². The van der Waals surface area contributed by atoms with E-state index >= 15 is 0 Å². The number of hydrogen-bond donors (Lipinski definition) is 1. The normalized spacial score (nSPS) is 12.5. The summed E-state index contributed by atoms with van der Waals surface area (Å²) in [6.07, 6.45) is 1.31. The lowest BCUT2D eigenvalue weighted by Crippen LogP contribution is -2.56. The van der Waals surface area contributed by atoms with Crippen molar-refractivity contribution in [2.75, 3.05) is 17.1 Å². The number of nitrogens with one attached hydrogen (secondary N) is 1. The Morgan fingerprint density at radius 1 is 0.925 bits per heavy atom. The number of carbonyl (C=O) groups is 2. The summed E-state index contributed by atoms with van der Waals surface area (Å²) in [5.41, 5.74) is 3.24. The number of sulfonamides is 1. The van der Waals surface area contributed by atoms with Crippen LogP contribution in [0, 0.1) is 13.8 Å². The van der Waals surface area contributed by atoms with Gasteiger partial charge in [0.25, 0.3) is 0 Å². The van der Waals surface area contributed by atoms with Gasteiger partial charge in [0.15, 0.2) is 0 Å². The van der Waals surface area contributed by atoms with Crippen LogP contribution in [0.25, 0.3) is 0 Å². The molecule has 0 aromatic heterocycles. The quantitative estimate of drug-likeness (QED) is 0.352. The van der Waals surface area contributed by atoms with Crippen molar-refractivity contribution >= 4 is 39.1 Å². The first-order valence-electron chi connectivity index (χ1n) is 13.1. The Labute approximate surface area is 243 Å². The summed E-state index contributed by atoms with van der Waals surface area (Å²) in [7, 11) is -3.86. The number of carbonyl (C=O) groups excluding carboxylic acids is 2. The molecule has 214 valence electrons. The molecular weight excluding hydrogens is 546 g/mol. The van der Waals surface area contributed by atoms with Gasteiger partial charge in [-0.3, -0.25) is 13.9 Å². The fraction of sp³-hybridized carbons (Fsp3) is 0.355. The maximum Gasteiger partial charge on any atom is 0.244 e. The summed E-state index contributed by atoms with van der Waals surface area (Å²) in [4.78, 5) is 29.4. The second-order valence-corrected chi connectivity index (χ2v) is 13.5. The standard InChI is InChI=1S/C31H38ClN3O4S/c1-22-11-10-14-25(17-22)20-34(28(30(37)33-31(3,4)5)18-24-12-8-7-9-13-24)29(36)21-35(40(6,38)39)26-16-15-23(2)27(32)19-26/h7-17,19,28H,18,20-21H2,1-6H3,(H,33,37). The fourth-order valence-corrected chi connectivity index (χ4v) is 5.38. The molecule has 0 saturated carbocycles. The van der Waals surface area contributed by atoms with Gasteiger partial charge >= 0.3 is 0 Å². The molecule has 3 rings (SSSR count). The molecule has 40 heavy (non-hydrogen) atoms. The van der Waals surface area contributed by atoms with Crippen LogP contribution >= 0.6 is 11.6 Å². The van der Waals surface area contributed by atoms with Crippen molar-refractivity contribution in [2.24, 2.45) is 0 Å². The van der Waals surface area contributed by atoms with Crippen LogP contribution in [-0.2, 0) is 32.6 Å². The Hall–Kier alpha value is -3.36. The van der Waals surface area contributed by atoms with Crippen LogP contribution in [0.1, 0.15) is 43.0 Å². The zero-order valence-corrected chi connectivity index (χ0v) is 25.5. The number of halogens is 1. The second kappa shape index (κ2) is 12.9. The number of aryl methyl sites for hydroxylation is 2. The van der Waals surface area contributed by atoms with Gasteiger partial charge in [-0.1, -0.05) is 77.8 Å². The smallest absolute Gasteiger partial charge is 0.244 e. The first-order chi connectivity index (χ1) is 18.6. The minimum Gasteiger partial charge on any atom is -0.350 e. The van der Waals surface area contributed by atoms with Gasteiger partial charge in [-0.05, 0) is 63.4 Å². The predicted molar refractivity (Wildman–Crippen MR) is 162 cm³/mol. The molecule has 7 nitrogen and oxygen atoms in total. The van der Waals surface area contributed by atoms with Crippen LogP contribution in [-0.4, -0.2) is 49.5 Å². The van der Waals surface area contributed by atoms with Crippen molar-refractivity contribution in [2.45, 2.75) is 59.2 Å². The largest absolute Gasteiger partial charge is 0.350 e. The molecule has 3 aromatic rings. The van der Waals surface area contributed by atoms with Gasteiger partial charge in [0.2, 0.25) is 21.8 Å². The van der Waals surface area contributed by atoms with E-state index in [2.05, 4.69) is 5.32 Å². The summed E-state index contributed by atoms with van der Waals surface area (Å²) in [5.74, 6) is -0.824. The number of rotatable bonds is 10. The lowest BCUT2D eigenvalue weighted by Gasteiger charge is -2.35. The molecular formula is C31H38ClN3O4S. The number of hydrogen-bond acceptors (Lipinski definition) is 4. The lowest BCUT2D eigenvalue weighted by atomic mass is 10.0. The van der Waals surface area contributed by atoms with Gasteiger partial charge < -0.3 is 10.2 Å². The highest BCUT2D eigenvalue weighted by Gasteiger charge is 2.34. The van der Waals surface area contributed by atoms with Gasteiger partial charge in [-0.2, -0.15) is 0 Å². The zero-order valence-electron chi connectivity index (χ0n) is 23.9. The summed E-state index contributed by atoms with van der Waals surface area (Å²) in [6, 6.07) is 21.1. The summed E-state index contributed by atoms with van der Waals surface area (Å²) in [6.45, 7) is 9.04. The third-order valence-corrected chi connectivity index (χ3v) is 7.88. The van der Waals surface area contributed by atoms with Crippen LogP contribution in [0.2, 0.25) is 5.02 Å². The van der Waals surface area contributed by atoms with Gasteiger partial charge in [0, 0.05) is 23.5 Å². The first kappa shape index (κ1) is 31.2. The zero-order chi connectivity index (χ0) is 29.7. The molecule has 0 radical (unpaired) electrons. The Morgan fingerprint density at radius 3 is 2.15 bits per heavy atom. The van der Waals surface area contributed by atoms with Gasteiger partial charge in [-0.15, -0.1) is 0 Å². The summed E-state index contributed by atoms with van der Waals surface area (Å²) >= 11 is 6.30. The van der Waals surface area contributed by atoms with Crippen molar-refractivity contribution in [1.29, 1.82) is 0 Å². The molecule has 0 fully saturated rings. The molecule has 0 bridgehead atoms. The molecule has 0 aliphatic rings. The summed E-state index contributed by atoms with van der Waals surface area (Å²) in [5, 5.41) is 3.41. The Morgan fingerprint density at radius 2 is 1.57 bits per heavy atom. The molecule has 1 atom stereocenters. The van der Waals surface area contributed by atoms with E-state index in [0.717, 1.165) is 32.8 Å². The van der Waals surface area contributed by atoms with E-state index in [1.807, 2.05) is 89.2 Å². The molecule has 0 heterocycles. The number of benzene rings is 3. The fourth-order valence-electron chi connectivity index (χ4n) is 4.36. The predicted octanol–water partition coefficient (Wildman–Crippen LogP) is 5.28. The van der Waals surface area contributed by atoms with Crippen LogP contribution < -0.4 is 9.62 Å². The minimum absolute atomic E-state index is 0.127. The van der Waals surface area contributed by atoms with Crippen molar-refractivity contribution < 1.29 is 18.0 Å². The minimum atomic E-state index is -3.86. The van der Waals surface area contributed by atoms with E-state index in [4.69, 9.17) is 11.6 Å². The second-order valence-electron chi connectivity index (χ2n) is 11.2. The number of amides is 2. The third-order valence-electron chi connectivity index (χ3n) is 6.33. The van der Waals surface area contributed by atoms with Gasteiger partial charge in [0.05, 0.1) is 11.9 Å². The molecule has 0 aliphatic heterocycles. The van der Waals surface area contributed by atoms with Gasteiger partial charge in [-0.25, -0.2) is 8.42 Å². The molecule has 2 amide bonds. The van der Waals surface area contributed by atoms with E-state index in [-0.39, 0.29) is 24.6 Å². The Balaban J connectivity index is 2.09. The van der Waals surface area contributed by atoms with Crippen molar-refractivity contribution in [1.82, 2.24) is 10.2 Å². The van der Waals surface area contributed by atoms with E-state index in [9.17, 15) is 18.0 Å². The van der Waals surface area contributed by atoms with E-state index in [1.54, 1.807) is 12.1 Å². The number of nitrogens with zero attached hydrogens (tertiary/aromatic N) is 2. The molecule has 0 spiro atoms. The number of anilines is 1. The Bertz CT molecular complexity index is 1450. The first-order valence-corrected chi connectivity index (χ1v) is 15.3. The molecule has 1 unspecified atom stereocenters. The third kappa shape index (κ3) is 8.83. The molecule has 9 heteroatoms. The van der Waals surface area contributed by atoms with Crippen molar-refractivity contribution in [3.63, 3.8) is 0 Å². The molecule has 0 saturated heterocycles. The van der Waals surface area contributed by atoms with Crippen molar-refractivity contribution in [3.8, 4) is 0 Å².